The smallest absolute Gasteiger partial charge is 0.305 e. The molecule has 0 aromatic rings. The maximum atomic E-state index is 11.5. The Hall–Kier alpha value is -1.10. The van der Waals surface area contributed by atoms with E-state index in [1.54, 1.807) is 0 Å². The Kier molecular flexibility index (Phi) is 7.54. The summed E-state index contributed by atoms with van der Waals surface area (Å²) < 4.78 is 0. The first-order chi connectivity index (χ1) is 7.49. The molecule has 0 saturated heterocycles. The molecule has 4 N–H and O–H groups in total. The van der Waals surface area contributed by atoms with E-state index in [0.29, 0.717) is 6.42 Å². The Morgan fingerprint density at radius 2 is 1.94 bits per heavy atom. The van der Waals surface area contributed by atoms with Crippen LogP contribution in [0, 0.1) is 0 Å². The Morgan fingerprint density at radius 3 is 2.38 bits per heavy atom. The third kappa shape index (κ3) is 7.23. The molecule has 94 valence electrons. The van der Waals surface area contributed by atoms with Crippen LogP contribution in [-0.4, -0.2) is 29.1 Å². The minimum atomic E-state index is -0.898. The van der Waals surface area contributed by atoms with E-state index in [4.69, 9.17) is 10.8 Å². The first-order valence-corrected chi connectivity index (χ1v) is 5.76. The molecular weight excluding hydrogens is 208 g/mol. The lowest BCUT2D eigenvalue weighted by Crippen LogP contribution is -2.39. The van der Waals surface area contributed by atoms with Crippen LogP contribution in [0.5, 0.6) is 0 Å². The van der Waals surface area contributed by atoms with Gasteiger partial charge in [-0.1, -0.05) is 20.3 Å². The van der Waals surface area contributed by atoms with Crippen molar-refractivity contribution in [1.29, 1.82) is 0 Å². The molecule has 5 nitrogen and oxygen atoms in total. The Morgan fingerprint density at radius 1 is 1.31 bits per heavy atom. The molecule has 0 aliphatic heterocycles. The topological polar surface area (TPSA) is 92.4 Å². The summed E-state index contributed by atoms with van der Waals surface area (Å²) in [5, 5.41) is 11.3. The normalized spacial score (nSPS) is 14.2. The van der Waals surface area contributed by atoms with Crippen molar-refractivity contribution in [3.8, 4) is 0 Å². The van der Waals surface area contributed by atoms with Gasteiger partial charge in [-0.05, 0) is 12.8 Å². The van der Waals surface area contributed by atoms with Gasteiger partial charge in [-0.3, -0.25) is 9.59 Å². The molecule has 16 heavy (non-hydrogen) atoms. The number of hydrogen-bond acceptors (Lipinski definition) is 3. The Bertz CT molecular complexity index is 231. The minimum Gasteiger partial charge on any atom is -0.481 e. The molecule has 0 saturated carbocycles. The first kappa shape index (κ1) is 14.9. The van der Waals surface area contributed by atoms with E-state index in [-0.39, 0.29) is 30.8 Å². The number of carboxylic acid groups (broad SMARTS) is 1. The monoisotopic (exact) mass is 230 g/mol. The SMILES string of the molecule is CCCC(N)CC(=O)NC(CC)CC(=O)O. The summed E-state index contributed by atoms with van der Waals surface area (Å²) in [6, 6.07) is -0.425. The zero-order chi connectivity index (χ0) is 12.6. The number of carbonyl (C=O) groups is 2. The molecule has 0 heterocycles. The number of carboxylic acids is 1. The van der Waals surface area contributed by atoms with Crippen LogP contribution in [0.15, 0.2) is 0 Å². The van der Waals surface area contributed by atoms with Gasteiger partial charge in [0.2, 0.25) is 5.91 Å². The fraction of sp³-hybridized carbons (Fsp3) is 0.818. The first-order valence-electron chi connectivity index (χ1n) is 5.76. The van der Waals surface area contributed by atoms with Crippen LogP contribution < -0.4 is 11.1 Å². The molecule has 0 bridgehead atoms. The van der Waals surface area contributed by atoms with Crippen molar-refractivity contribution in [1.82, 2.24) is 5.32 Å². The molecule has 1 amide bonds. The molecule has 0 radical (unpaired) electrons. The lowest BCUT2D eigenvalue weighted by Gasteiger charge is -2.16. The van der Waals surface area contributed by atoms with Crippen LogP contribution in [-0.2, 0) is 9.59 Å². The zero-order valence-electron chi connectivity index (χ0n) is 10.0. The molecule has 5 heteroatoms. The standard InChI is InChI=1S/C11H22N2O3/c1-3-5-8(12)6-10(14)13-9(4-2)7-11(15)16/h8-9H,3-7,12H2,1-2H3,(H,13,14)(H,15,16). The molecule has 0 aliphatic carbocycles. The van der Waals surface area contributed by atoms with Crippen molar-refractivity contribution in [2.24, 2.45) is 5.73 Å². The van der Waals surface area contributed by atoms with Crippen LogP contribution in [0.4, 0.5) is 0 Å². The van der Waals surface area contributed by atoms with Crippen LogP contribution >= 0.6 is 0 Å². The quantitative estimate of drug-likeness (QED) is 0.577. The minimum absolute atomic E-state index is 0.0365. The highest BCUT2D eigenvalue weighted by molar-refractivity contribution is 5.77. The third-order valence-corrected chi connectivity index (χ3v) is 2.39. The molecule has 0 aliphatic rings. The Labute approximate surface area is 96.4 Å². The van der Waals surface area contributed by atoms with E-state index in [1.807, 2.05) is 13.8 Å². The summed E-state index contributed by atoms with van der Waals surface area (Å²) in [7, 11) is 0. The summed E-state index contributed by atoms with van der Waals surface area (Å²) in [5.41, 5.74) is 5.73. The van der Waals surface area contributed by atoms with Gasteiger partial charge < -0.3 is 16.2 Å². The van der Waals surface area contributed by atoms with Gasteiger partial charge in [0.25, 0.3) is 0 Å². The maximum Gasteiger partial charge on any atom is 0.305 e. The van der Waals surface area contributed by atoms with Gasteiger partial charge in [-0.25, -0.2) is 0 Å². The molecule has 2 unspecified atom stereocenters. The predicted molar refractivity (Wildman–Crippen MR) is 62.0 cm³/mol. The van der Waals surface area contributed by atoms with Crippen molar-refractivity contribution in [2.75, 3.05) is 0 Å². The molecule has 0 rings (SSSR count). The predicted octanol–water partition coefficient (Wildman–Crippen LogP) is 0.873. The van der Waals surface area contributed by atoms with Crippen molar-refractivity contribution in [3.63, 3.8) is 0 Å². The average Bonchev–Trinajstić information content (AvgIpc) is 2.15. The lowest BCUT2D eigenvalue weighted by molar-refractivity contribution is -0.137. The second-order valence-electron chi connectivity index (χ2n) is 4.02. The summed E-state index contributed by atoms with van der Waals surface area (Å²) in [6.45, 7) is 3.86. The summed E-state index contributed by atoms with van der Waals surface area (Å²) in [5.74, 6) is -1.06. The summed E-state index contributed by atoms with van der Waals surface area (Å²) >= 11 is 0. The number of nitrogens with two attached hydrogens (primary N) is 1. The molecule has 0 fully saturated rings. The molecule has 2 atom stereocenters. The molecule has 0 spiro atoms. The van der Waals surface area contributed by atoms with E-state index < -0.39 is 5.97 Å². The van der Waals surface area contributed by atoms with Gasteiger partial charge in [-0.2, -0.15) is 0 Å². The number of carbonyl (C=O) groups excluding carboxylic acids is 1. The highest BCUT2D eigenvalue weighted by Crippen LogP contribution is 2.01. The van der Waals surface area contributed by atoms with Crippen molar-refractivity contribution in [2.45, 2.75) is 58.0 Å². The zero-order valence-corrected chi connectivity index (χ0v) is 10.0. The third-order valence-electron chi connectivity index (χ3n) is 2.39. The van der Waals surface area contributed by atoms with Gasteiger partial charge in [0.05, 0.1) is 6.42 Å². The van der Waals surface area contributed by atoms with Crippen LogP contribution in [0.25, 0.3) is 0 Å². The fourth-order valence-electron chi connectivity index (χ4n) is 1.51. The second kappa shape index (κ2) is 8.10. The summed E-state index contributed by atoms with van der Waals surface area (Å²) in [6.07, 6.45) is 2.60. The Balaban J connectivity index is 3.95. The summed E-state index contributed by atoms with van der Waals surface area (Å²) in [4.78, 5) is 22.0. The van der Waals surface area contributed by atoms with E-state index in [1.165, 1.54) is 0 Å². The molecule has 0 aromatic carbocycles. The maximum absolute atomic E-state index is 11.5. The number of nitrogens with one attached hydrogen (secondary N) is 1. The van der Waals surface area contributed by atoms with Gasteiger partial charge in [0.15, 0.2) is 0 Å². The number of amides is 1. The van der Waals surface area contributed by atoms with Gasteiger partial charge in [-0.15, -0.1) is 0 Å². The lowest BCUT2D eigenvalue weighted by atomic mass is 10.1. The van der Waals surface area contributed by atoms with Crippen LogP contribution in [0.2, 0.25) is 0 Å². The number of aliphatic carboxylic acids is 1. The largest absolute Gasteiger partial charge is 0.481 e. The van der Waals surface area contributed by atoms with E-state index >= 15 is 0 Å². The van der Waals surface area contributed by atoms with E-state index in [9.17, 15) is 9.59 Å². The van der Waals surface area contributed by atoms with E-state index in [2.05, 4.69) is 5.32 Å². The molecular formula is C11H22N2O3. The van der Waals surface area contributed by atoms with Crippen molar-refractivity contribution in [3.05, 3.63) is 0 Å². The van der Waals surface area contributed by atoms with Crippen LogP contribution in [0.1, 0.15) is 46.0 Å². The van der Waals surface area contributed by atoms with Gasteiger partial charge >= 0.3 is 5.97 Å². The number of hydrogen-bond donors (Lipinski definition) is 3. The highest BCUT2D eigenvalue weighted by atomic mass is 16.4. The molecule has 0 aromatic heterocycles. The highest BCUT2D eigenvalue weighted by Gasteiger charge is 2.15. The van der Waals surface area contributed by atoms with Crippen molar-refractivity contribution >= 4 is 11.9 Å². The van der Waals surface area contributed by atoms with Crippen molar-refractivity contribution < 1.29 is 14.7 Å². The van der Waals surface area contributed by atoms with Crippen LogP contribution in [0.3, 0.4) is 0 Å². The average molecular weight is 230 g/mol. The van der Waals surface area contributed by atoms with E-state index in [0.717, 1.165) is 12.8 Å². The number of rotatable bonds is 8. The van der Waals surface area contributed by atoms with Gasteiger partial charge in [0, 0.05) is 18.5 Å². The fourth-order valence-corrected chi connectivity index (χ4v) is 1.51. The van der Waals surface area contributed by atoms with Gasteiger partial charge in [0.1, 0.15) is 0 Å². The second-order valence-corrected chi connectivity index (χ2v) is 4.02.